The number of carbonyl (C=O) groups is 1. The first-order valence-electron chi connectivity index (χ1n) is 7.08. The number of carbonyl (C=O) groups excluding carboxylic acids is 1. The average molecular weight is 350 g/mol. The van der Waals surface area contributed by atoms with Gasteiger partial charge in [-0.1, -0.05) is 0 Å². The zero-order chi connectivity index (χ0) is 16.4. The van der Waals surface area contributed by atoms with Gasteiger partial charge < -0.3 is 0 Å². The lowest BCUT2D eigenvalue weighted by atomic mass is 10.2. The van der Waals surface area contributed by atoms with Gasteiger partial charge in [-0.15, -0.1) is 22.7 Å². The highest BCUT2D eigenvalue weighted by Crippen LogP contribution is 2.26. The summed E-state index contributed by atoms with van der Waals surface area (Å²) in [5.74, 6) is -0.164. The van der Waals surface area contributed by atoms with E-state index in [-0.39, 0.29) is 5.78 Å². The van der Waals surface area contributed by atoms with Crippen molar-refractivity contribution in [3.8, 4) is 21.1 Å². The molecule has 0 atom stereocenters. The first-order valence-corrected chi connectivity index (χ1v) is 8.84. The summed E-state index contributed by atoms with van der Waals surface area (Å²) in [5, 5.41) is 5.13. The Morgan fingerprint density at radius 2 is 1.12 bits per heavy atom. The van der Waals surface area contributed by atoms with Crippen molar-refractivity contribution in [2.24, 2.45) is 0 Å². The molecule has 116 valence electrons. The van der Waals surface area contributed by atoms with Crippen LogP contribution in [0, 0.1) is 0 Å². The van der Waals surface area contributed by atoms with Crippen LogP contribution in [-0.2, 0) is 0 Å². The van der Waals surface area contributed by atoms with Gasteiger partial charge in [-0.05, 0) is 24.3 Å². The molecule has 0 aliphatic carbocycles. The Morgan fingerprint density at radius 3 is 1.54 bits per heavy atom. The molecule has 0 radical (unpaired) electrons. The summed E-state index contributed by atoms with van der Waals surface area (Å²) in [5.41, 5.74) is 2.73. The number of ketones is 1. The van der Waals surface area contributed by atoms with E-state index < -0.39 is 0 Å². The second-order valence-corrected chi connectivity index (χ2v) is 6.59. The van der Waals surface area contributed by atoms with E-state index in [4.69, 9.17) is 0 Å². The average Bonchev–Trinajstić information content (AvgIpc) is 3.33. The van der Waals surface area contributed by atoms with Crippen molar-refractivity contribution in [1.82, 2.24) is 19.9 Å². The van der Waals surface area contributed by atoms with Crippen LogP contribution in [0.5, 0.6) is 0 Å². The number of nitrogens with zero attached hydrogens (tertiary/aromatic N) is 4. The lowest BCUT2D eigenvalue weighted by Gasteiger charge is -1.95. The van der Waals surface area contributed by atoms with E-state index in [1.165, 1.54) is 22.7 Å². The number of pyridine rings is 2. The molecule has 0 bridgehead atoms. The summed E-state index contributed by atoms with van der Waals surface area (Å²) < 4.78 is 0. The fourth-order valence-electron chi connectivity index (χ4n) is 2.14. The van der Waals surface area contributed by atoms with Crippen molar-refractivity contribution in [2.75, 3.05) is 0 Å². The van der Waals surface area contributed by atoms with Crippen molar-refractivity contribution in [3.63, 3.8) is 0 Å². The lowest BCUT2D eigenvalue weighted by Crippen LogP contribution is -2.02. The largest absolute Gasteiger partial charge is 0.285 e. The molecule has 0 unspecified atom stereocenters. The summed E-state index contributed by atoms with van der Waals surface area (Å²) in [6.45, 7) is 0. The molecule has 0 fully saturated rings. The van der Waals surface area contributed by atoms with Gasteiger partial charge in [0.1, 0.15) is 21.4 Å². The molecule has 5 nitrogen and oxygen atoms in total. The Morgan fingerprint density at radius 1 is 0.708 bits per heavy atom. The van der Waals surface area contributed by atoms with Gasteiger partial charge >= 0.3 is 0 Å². The topological polar surface area (TPSA) is 68.6 Å². The number of hydrogen-bond acceptors (Lipinski definition) is 7. The third-order valence-corrected chi connectivity index (χ3v) is 5.11. The third-order valence-electron chi connectivity index (χ3n) is 3.33. The van der Waals surface area contributed by atoms with Crippen LogP contribution < -0.4 is 0 Å². The second-order valence-electron chi connectivity index (χ2n) is 4.88. The van der Waals surface area contributed by atoms with Gasteiger partial charge in [-0.3, -0.25) is 14.8 Å². The number of aromatic nitrogens is 4. The molecule has 0 aliphatic rings. The molecule has 4 aromatic heterocycles. The molecule has 7 heteroatoms. The predicted molar refractivity (Wildman–Crippen MR) is 94.1 cm³/mol. The van der Waals surface area contributed by atoms with Crippen LogP contribution in [0.25, 0.3) is 21.1 Å². The van der Waals surface area contributed by atoms with Crippen LogP contribution in [0.15, 0.2) is 59.8 Å². The first kappa shape index (κ1) is 14.8. The van der Waals surface area contributed by atoms with E-state index in [9.17, 15) is 4.79 Å². The normalized spacial score (nSPS) is 10.7. The van der Waals surface area contributed by atoms with Crippen molar-refractivity contribution < 1.29 is 4.79 Å². The fraction of sp³-hybridized carbons (Fsp3) is 0. The minimum absolute atomic E-state index is 0.164. The fourth-order valence-corrected chi connectivity index (χ4v) is 3.75. The number of hydrogen-bond donors (Lipinski definition) is 0. The molecule has 0 saturated carbocycles. The van der Waals surface area contributed by atoms with Crippen LogP contribution in [-0.4, -0.2) is 25.7 Å². The molecule has 0 N–H and O–H groups in total. The summed E-state index contributed by atoms with van der Waals surface area (Å²) >= 11 is 2.87. The molecule has 0 aromatic carbocycles. The standard InChI is InChI=1S/C17H10N4OS2/c22-15(13-9-23-16(20-13)11-1-5-18-6-2-11)14-10-24-17(21-14)12-3-7-19-8-4-12/h1-10H. The quantitative estimate of drug-likeness (QED) is 0.521. The molecule has 0 saturated heterocycles. The monoisotopic (exact) mass is 350 g/mol. The van der Waals surface area contributed by atoms with Crippen molar-refractivity contribution in [2.45, 2.75) is 0 Å². The zero-order valence-corrected chi connectivity index (χ0v) is 13.9. The van der Waals surface area contributed by atoms with Gasteiger partial charge in [-0.25, -0.2) is 9.97 Å². The summed E-state index contributed by atoms with van der Waals surface area (Å²) in [7, 11) is 0. The summed E-state index contributed by atoms with van der Waals surface area (Å²) in [6.07, 6.45) is 6.83. The minimum atomic E-state index is -0.164. The van der Waals surface area contributed by atoms with E-state index in [1.807, 2.05) is 24.3 Å². The van der Waals surface area contributed by atoms with Crippen molar-refractivity contribution >= 4 is 28.5 Å². The van der Waals surface area contributed by atoms with Crippen molar-refractivity contribution in [3.05, 3.63) is 71.2 Å². The second kappa shape index (κ2) is 6.38. The Balaban J connectivity index is 1.61. The molecule has 0 amide bonds. The third kappa shape index (κ3) is 2.86. The van der Waals surface area contributed by atoms with E-state index in [0.717, 1.165) is 21.1 Å². The van der Waals surface area contributed by atoms with E-state index in [2.05, 4.69) is 19.9 Å². The van der Waals surface area contributed by atoms with Gasteiger partial charge in [0.05, 0.1) is 0 Å². The molecule has 0 spiro atoms. The maximum atomic E-state index is 12.6. The van der Waals surface area contributed by atoms with E-state index in [1.54, 1.807) is 35.5 Å². The summed E-state index contributed by atoms with van der Waals surface area (Å²) in [4.78, 5) is 29.4. The zero-order valence-electron chi connectivity index (χ0n) is 12.3. The molecular weight excluding hydrogens is 340 g/mol. The van der Waals surface area contributed by atoms with Gasteiger partial charge in [0.25, 0.3) is 0 Å². The molecule has 24 heavy (non-hydrogen) atoms. The molecule has 4 rings (SSSR count). The number of rotatable bonds is 4. The van der Waals surface area contributed by atoms with Crippen LogP contribution in [0.1, 0.15) is 16.2 Å². The SMILES string of the molecule is O=C(c1csc(-c2ccncc2)n1)c1csc(-c2ccncc2)n1. The number of thiazole rings is 2. The Hall–Kier alpha value is -2.77. The molecular formula is C17H10N4OS2. The summed E-state index contributed by atoms with van der Waals surface area (Å²) in [6, 6.07) is 7.49. The smallest absolute Gasteiger partial charge is 0.231 e. The van der Waals surface area contributed by atoms with Gasteiger partial charge in [0.2, 0.25) is 5.78 Å². The van der Waals surface area contributed by atoms with Crippen LogP contribution >= 0.6 is 22.7 Å². The molecule has 4 aromatic rings. The highest BCUT2D eigenvalue weighted by atomic mass is 32.1. The Labute approximate surface area is 145 Å². The maximum absolute atomic E-state index is 12.6. The van der Waals surface area contributed by atoms with Crippen molar-refractivity contribution in [1.29, 1.82) is 0 Å². The van der Waals surface area contributed by atoms with Gasteiger partial charge in [-0.2, -0.15) is 0 Å². The molecule has 0 aliphatic heterocycles. The van der Waals surface area contributed by atoms with Crippen LogP contribution in [0.3, 0.4) is 0 Å². The Bertz CT molecular complexity index is 900. The van der Waals surface area contributed by atoms with Gasteiger partial charge in [0, 0.05) is 46.7 Å². The first-order chi connectivity index (χ1) is 11.8. The maximum Gasteiger partial charge on any atom is 0.231 e. The van der Waals surface area contributed by atoms with Crippen LogP contribution in [0.2, 0.25) is 0 Å². The minimum Gasteiger partial charge on any atom is -0.285 e. The highest BCUT2D eigenvalue weighted by Gasteiger charge is 2.17. The van der Waals surface area contributed by atoms with E-state index >= 15 is 0 Å². The predicted octanol–water partition coefficient (Wildman–Crippen LogP) is 3.95. The molecule has 4 heterocycles. The Kier molecular flexibility index (Phi) is 3.94. The van der Waals surface area contributed by atoms with E-state index in [0.29, 0.717) is 11.4 Å². The highest BCUT2D eigenvalue weighted by molar-refractivity contribution is 7.13. The van der Waals surface area contributed by atoms with Crippen LogP contribution in [0.4, 0.5) is 0 Å². The lowest BCUT2D eigenvalue weighted by molar-refractivity contribution is 0.103. The van der Waals surface area contributed by atoms with Gasteiger partial charge in [0.15, 0.2) is 0 Å².